The van der Waals surface area contributed by atoms with Gasteiger partial charge in [0, 0.05) is 28.9 Å². The van der Waals surface area contributed by atoms with Gasteiger partial charge in [0.2, 0.25) is 0 Å². The Morgan fingerprint density at radius 1 is 0.912 bits per heavy atom. The highest BCUT2D eigenvalue weighted by Crippen LogP contribution is 2.38. The molecule has 2 heterocycles. The van der Waals surface area contributed by atoms with E-state index in [0.29, 0.717) is 11.2 Å². The van der Waals surface area contributed by atoms with Crippen LogP contribution in [0.3, 0.4) is 0 Å². The molecule has 1 aliphatic heterocycles. The van der Waals surface area contributed by atoms with Crippen LogP contribution in [0.1, 0.15) is 57.4 Å². The lowest BCUT2D eigenvalue weighted by Gasteiger charge is -2.33. The van der Waals surface area contributed by atoms with Crippen LogP contribution in [0.5, 0.6) is 0 Å². The lowest BCUT2D eigenvalue weighted by molar-refractivity contribution is 0.375. The summed E-state index contributed by atoms with van der Waals surface area (Å²) in [4.78, 5) is 10.3. The van der Waals surface area contributed by atoms with Gasteiger partial charge in [-0.25, -0.2) is 4.99 Å². The minimum Gasteiger partial charge on any atom is -0.343 e. The Balaban J connectivity index is 1.43. The largest absolute Gasteiger partial charge is 0.343 e. The van der Waals surface area contributed by atoms with Crippen molar-refractivity contribution in [2.45, 2.75) is 63.2 Å². The predicted molar refractivity (Wildman–Crippen MR) is 145 cm³/mol. The van der Waals surface area contributed by atoms with Crippen LogP contribution in [-0.4, -0.2) is 35.8 Å². The SMILES string of the molecule is BC1(C)CCCCC2N=C(c3ccccc3)N=C(Nc3ccc(-c4cn[nH]c4)cc3)C2CCC1. The van der Waals surface area contributed by atoms with Crippen LogP contribution < -0.4 is 5.32 Å². The number of hydrogen-bond donors (Lipinski definition) is 2. The van der Waals surface area contributed by atoms with E-state index < -0.39 is 0 Å². The lowest BCUT2D eigenvalue weighted by atomic mass is 9.63. The van der Waals surface area contributed by atoms with Gasteiger partial charge in [0.1, 0.15) is 13.7 Å². The number of anilines is 1. The Morgan fingerprint density at radius 3 is 2.47 bits per heavy atom. The van der Waals surface area contributed by atoms with Crippen molar-refractivity contribution in [2.75, 3.05) is 5.32 Å². The summed E-state index contributed by atoms with van der Waals surface area (Å²) in [6.07, 6.45) is 12.3. The molecule has 0 spiro atoms. The smallest absolute Gasteiger partial charge is 0.156 e. The van der Waals surface area contributed by atoms with Crippen molar-refractivity contribution in [1.29, 1.82) is 0 Å². The summed E-state index contributed by atoms with van der Waals surface area (Å²) in [5.41, 5.74) is 4.40. The molecule has 1 aromatic heterocycles. The maximum absolute atomic E-state index is 5.20. The molecule has 3 aromatic rings. The molecule has 2 N–H and O–H groups in total. The van der Waals surface area contributed by atoms with Crippen LogP contribution in [0.4, 0.5) is 5.69 Å². The molecule has 2 aliphatic rings. The third kappa shape index (κ3) is 5.32. The Bertz CT molecular complexity index is 1130. The molecule has 1 fully saturated rings. The van der Waals surface area contributed by atoms with Gasteiger partial charge in [0.05, 0.1) is 12.2 Å². The van der Waals surface area contributed by atoms with Gasteiger partial charge >= 0.3 is 0 Å². The summed E-state index contributed by atoms with van der Waals surface area (Å²) in [6.45, 7) is 2.42. The highest BCUT2D eigenvalue weighted by molar-refractivity contribution is 6.15. The van der Waals surface area contributed by atoms with Gasteiger partial charge < -0.3 is 5.32 Å². The van der Waals surface area contributed by atoms with Crippen molar-refractivity contribution in [1.82, 2.24) is 10.2 Å². The number of aromatic amines is 1. The number of aromatic nitrogens is 2. The Hall–Kier alpha value is -3.15. The molecule has 5 nitrogen and oxygen atoms in total. The zero-order valence-corrected chi connectivity index (χ0v) is 20.3. The van der Waals surface area contributed by atoms with Crippen molar-refractivity contribution >= 4 is 25.2 Å². The average molecular weight is 451 g/mol. The number of nitrogens with zero attached hydrogens (tertiary/aromatic N) is 3. The molecule has 2 aromatic carbocycles. The summed E-state index contributed by atoms with van der Waals surface area (Å²) in [6, 6.07) is 19.2. The van der Waals surface area contributed by atoms with Crippen molar-refractivity contribution in [3.8, 4) is 11.1 Å². The fourth-order valence-electron chi connectivity index (χ4n) is 5.28. The van der Waals surface area contributed by atoms with Gasteiger partial charge in [-0.1, -0.05) is 86.8 Å². The minimum atomic E-state index is 0.279. The van der Waals surface area contributed by atoms with Gasteiger partial charge in [0.25, 0.3) is 0 Å². The van der Waals surface area contributed by atoms with E-state index in [1.807, 2.05) is 18.5 Å². The Morgan fingerprint density at radius 2 is 1.71 bits per heavy atom. The molecule has 174 valence electrons. The van der Waals surface area contributed by atoms with Crippen LogP contribution >= 0.6 is 0 Å². The second-order valence-electron chi connectivity index (χ2n) is 10.5. The summed E-state index contributed by atoms with van der Waals surface area (Å²) in [7, 11) is 2.42. The van der Waals surface area contributed by atoms with E-state index in [1.165, 1.54) is 32.1 Å². The highest BCUT2D eigenvalue weighted by atomic mass is 15.1. The first-order valence-electron chi connectivity index (χ1n) is 12.7. The van der Waals surface area contributed by atoms with Gasteiger partial charge in [-0.05, 0) is 30.5 Å². The van der Waals surface area contributed by atoms with E-state index in [1.54, 1.807) is 0 Å². The first-order chi connectivity index (χ1) is 16.6. The minimum absolute atomic E-state index is 0.279. The maximum Gasteiger partial charge on any atom is 0.156 e. The molecule has 0 amide bonds. The molecule has 0 radical (unpaired) electrons. The first kappa shape index (κ1) is 22.6. The van der Waals surface area contributed by atoms with Crippen molar-refractivity contribution in [3.05, 3.63) is 72.6 Å². The zero-order valence-electron chi connectivity index (χ0n) is 20.3. The molecule has 1 aliphatic carbocycles. The number of aliphatic imine (C=N–C) groups is 2. The molecule has 0 saturated heterocycles. The monoisotopic (exact) mass is 451 g/mol. The van der Waals surface area contributed by atoms with Gasteiger partial charge in [-0.15, -0.1) is 0 Å². The van der Waals surface area contributed by atoms with Crippen molar-refractivity contribution in [2.24, 2.45) is 15.9 Å². The third-order valence-corrected chi connectivity index (χ3v) is 7.32. The summed E-state index contributed by atoms with van der Waals surface area (Å²) in [5, 5.41) is 11.1. The topological polar surface area (TPSA) is 65.4 Å². The summed E-state index contributed by atoms with van der Waals surface area (Å²) >= 11 is 0. The Kier molecular flexibility index (Phi) is 6.66. The van der Waals surface area contributed by atoms with E-state index in [4.69, 9.17) is 9.98 Å². The summed E-state index contributed by atoms with van der Waals surface area (Å²) < 4.78 is 0. The number of fused-ring (bicyclic) bond motifs is 1. The molecular weight excluding hydrogens is 417 g/mol. The summed E-state index contributed by atoms with van der Waals surface area (Å²) in [5.74, 6) is 2.25. The average Bonchev–Trinajstić information content (AvgIpc) is 3.39. The van der Waals surface area contributed by atoms with Gasteiger partial charge in [-0.3, -0.25) is 10.1 Å². The number of H-pyrrole nitrogens is 1. The molecular formula is C28H34BN5. The van der Waals surface area contributed by atoms with E-state index in [2.05, 4.69) is 78.8 Å². The van der Waals surface area contributed by atoms with E-state index in [9.17, 15) is 0 Å². The second kappa shape index (κ2) is 10.0. The maximum atomic E-state index is 5.20. The normalized spacial score (nSPS) is 25.6. The molecule has 3 atom stereocenters. The molecule has 3 unspecified atom stereocenters. The van der Waals surface area contributed by atoms with Crippen LogP contribution in [0, 0.1) is 5.92 Å². The first-order valence-corrected chi connectivity index (χ1v) is 12.7. The molecule has 34 heavy (non-hydrogen) atoms. The number of benzene rings is 2. The molecule has 5 rings (SSSR count). The van der Waals surface area contributed by atoms with Gasteiger partial charge in [-0.2, -0.15) is 5.10 Å². The highest BCUT2D eigenvalue weighted by Gasteiger charge is 2.32. The number of rotatable bonds is 3. The van der Waals surface area contributed by atoms with Crippen LogP contribution in [0.15, 0.2) is 77.0 Å². The van der Waals surface area contributed by atoms with Crippen LogP contribution in [-0.2, 0) is 0 Å². The van der Waals surface area contributed by atoms with E-state index in [-0.39, 0.29) is 6.04 Å². The van der Waals surface area contributed by atoms with E-state index >= 15 is 0 Å². The zero-order chi connectivity index (χ0) is 23.4. The van der Waals surface area contributed by atoms with Crippen molar-refractivity contribution in [3.63, 3.8) is 0 Å². The quantitative estimate of drug-likeness (QED) is 0.488. The number of hydrogen-bond acceptors (Lipinski definition) is 4. The lowest BCUT2D eigenvalue weighted by Crippen LogP contribution is -2.37. The predicted octanol–water partition coefficient (Wildman–Crippen LogP) is 5.89. The van der Waals surface area contributed by atoms with Crippen molar-refractivity contribution < 1.29 is 0 Å². The standard InChI is InChI=1S/C28H34BN5/c1-28(29)16-6-5-11-25-24(10-7-17-28)27(34-26(33-25)21-8-3-2-4-9-21)32-23-14-12-20(13-15-23)22-18-30-31-19-22/h2-4,8-9,12-15,18-19,24-25H,5-7,10-11,16-17,29H2,1H3,(H,30,31)(H,32,33,34). The fourth-order valence-corrected chi connectivity index (χ4v) is 5.28. The van der Waals surface area contributed by atoms with Gasteiger partial charge in [0.15, 0.2) is 5.84 Å². The molecule has 6 heteroatoms. The fraction of sp³-hybridized carbons (Fsp3) is 0.393. The number of amidine groups is 2. The molecule has 1 saturated carbocycles. The third-order valence-electron chi connectivity index (χ3n) is 7.32. The van der Waals surface area contributed by atoms with Crippen LogP contribution in [0.2, 0.25) is 5.31 Å². The second-order valence-corrected chi connectivity index (χ2v) is 10.5. The number of nitrogens with one attached hydrogen (secondary N) is 2. The Labute approximate surface area is 203 Å². The van der Waals surface area contributed by atoms with E-state index in [0.717, 1.165) is 46.9 Å². The molecule has 0 bridgehead atoms. The van der Waals surface area contributed by atoms with Crippen LogP contribution in [0.25, 0.3) is 11.1 Å².